The van der Waals surface area contributed by atoms with Crippen molar-refractivity contribution in [3.63, 3.8) is 0 Å². The molecule has 3 heteroatoms. The lowest BCUT2D eigenvalue weighted by atomic mass is 10.2. The molecule has 11 heavy (non-hydrogen) atoms. The number of halogens is 1. The zero-order valence-electron chi connectivity index (χ0n) is 6.08. The molecule has 0 bridgehead atoms. The Kier molecular flexibility index (Phi) is 5.22. The van der Waals surface area contributed by atoms with Crippen molar-refractivity contribution in [3.8, 4) is 6.07 Å². The molecule has 0 rings (SSSR count). The zero-order valence-corrected chi connectivity index (χ0v) is 6.98. The van der Waals surface area contributed by atoms with Gasteiger partial charge in [-0.15, -0.1) is 0 Å². The van der Waals surface area contributed by atoms with Crippen LogP contribution in [-0.2, 0) is 0 Å². The summed E-state index contributed by atoms with van der Waals surface area (Å²) in [5.74, 6) is -0.569. The smallest absolute Gasteiger partial charge is 0.141 e. The maximum Gasteiger partial charge on any atom is 0.141 e. The van der Waals surface area contributed by atoms with Crippen LogP contribution >= 0.6 is 12.6 Å². The molecule has 0 heterocycles. The number of rotatable bonds is 2. The van der Waals surface area contributed by atoms with Gasteiger partial charge in [0.1, 0.15) is 11.9 Å². The van der Waals surface area contributed by atoms with Gasteiger partial charge in [0, 0.05) is 0 Å². The topological polar surface area (TPSA) is 23.8 Å². The maximum absolute atomic E-state index is 12.7. The first-order valence-electron chi connectivity index (χ1n) is 2.99. The van der Waals surface area contributed by atoms with Crippen LogP contribution in [0.4, 0.5) is 4.39 Å². The molecule has 0 aliphatic rings. The highest BCUT2D eigenvalue weighted by Crippen LogP contribution is 2.08. The Bertz CT molecular complexity index is 245. The largest absolute Gasteiger partial charge is 0.206 e. The van der Waals surface area contributed by atoms with Gasteiger partial charge in [-0.1, -0.05) is 6.08 Å². The second-order valence-electron chi connectivity index (χ2n) is 1.69. The van der Waals surface area contributed by atoms with Gasteiger partial charge >= 0.3 is 0 Å². The Balaban J connectivity index is 4.71. The first-order valence-corrected chi connectivity index (χ1v) is 3.51. The van der Waals surface area contributed by atoms with Crippen molar-refractivity contribution in [1.82, 2.24) is 0 Å². The molecule has 0 fully saturated rings. The zero-order chi connectivity index (χ0) is 8.69. The fraction of sp³-hybridized carbons (Fsp3) is 0.125. The van der Waals surface area contributed by atoms with Crippen molar-refractivity contribution < 1.29 is 4.39 Å². The summed E-state index contributed by atoms with van der Waals surface area (Å²) in [5, 5.41) is 9.64. The van der Waals surface area contributed by atoms with E-state index in [4.69, 9.17) is 5.26 Å². The number of hydrogen-bond donors (Lipinski definition) is 1. The van der Waals surface area contributed by atoms with Gasteiger partial charge in [0.15, 0.2) is 0 Å². The Hall–Kier alpha value is -1.01. The summed E-state index contributed by atoms with van der Waals surface area (Å²) < 4.78 is 12.7. The average molecular weight is 169 g/mol. The summed E-state index contributed by atoms with van der Waals surface area (Å²) in [6.45, 7) is 1.72. The van der Waals surface area contributed by atoms with Crippen LogP contribution in [-0.4, -0.2) is 0 Å². The number of nitriles is 1. The third-order valence-electron chi connectivity index (χ3n) is 0.932. The minimum atomic E-state index is -0.569. The second-order valence-corrected chi connectivity index (χ2v) is 1.99. The number of nitrogens with zero attached hydrogens (tertiary/aromatic N) is 1. The van der Waals surface area contributed by atoms with Gasteiger partial charge in [0.25, 0.3) is 0 Å². The molecule has 0 aromatic rings. The monoisotopic (exact) mass is 169 g/mol. The third kappa shape index (κ3) is 3.64. The van der Waals surface area contributed by atoms with Crippen LogP contribution in [0, 0.1) is 11.3 Å². The van der Waals surface area contributed by atoms with Crippen LogP contribution in [0.3, 0.4) is 0 Å². The van der Waals surface area contributed by atoms with Crippen LogP contribution in [0.15, 0.2) is 35.0 Å². The van der Waals surface area contributed by atoms with E-state index in [1.54, 1.807) is 19.1 Å². The van der Waals surface area contributed by atoms with Crippen molar-refractivity contribution in [2.45, 2.75) is 6.92 Å². The lowest BCUT2D eigenvalue weighted by molar-refractivity contribution is 0.662. The highest BCUT2D eigenvalue weighted by atomic mass is 32.1. The molecule has 0 saturated carbocycles. The average Bonchev–Trinajstić information content (AvgIpc) is 2.00. The van der Waals surface area contributed by atoms with E-state index in [0.29, 0.717) is 0 Å². The summed E-state index contributed by atoms with van der Waals surface area (Å²) in [6.07, 6.45) is 4.13. The molecule has 0 aromatic carbocycles. The number of hydrogen-bond acceptors (Lipinski definition) is 2. The Morgan fingerprint density at radius 2 is 2.18 bits per heavy atom. The summed E-state index contributed by atoms with van der Waals surface area (Å²) in [4.78, 5) is 0. The molecule has 0 aliphatic heterocycles. The third-order valence-corrected chi connectivity index (χ3v) is 1.08. The highest BCUT2D eigenvalue weighted by Gasteiger charge is 1.96. The molecule has 0 unspecified atom stereocenters. The van der Waals surface area contributed by atoms with Crippen molar-refractivity contribution in [3.05, 3.63) is 35.0 Å². The quantitative estimate of drug-likeness (QED) is 0.383. The Labute approximate surface area is 70.9 Å². The normalized spacial score (nSPS) is 13.6. The minimum Gasteiger partial charge on any atom is -0.206 e. The van der Waals surface area contributed by atoms with E-state index in [9.17, 15) is 4.39 Å². The minimum absolute atomic E-state index is 0.0119. The van der Waals surface area contributed by atoms with Crippen LogP contribution in [0.2, 0.25) is 0 Å². The molecule has 0 aromatic heterocycles. The first-order chi connectivity index (χ1) is 5.26. The van der Waals surface area contributed by atoms with Crippen LogP contribution in [0.5, 0.6) is 0 Å². The number of thiol groups is 1. The van der Waals surface area contributed by atoms with Gasteiger partial charge in [-0.3, -0.25) is 0 Å². The predicted molar refractivity (Wildman–Crippen MR) is 46.7 cm³/mol. The molecular weight excluding hydrogens is 161 g/mol. The van der Waals surface area contributed by atoms with Gasteiger partial charge in [-0.2, -0.15) is 17.9 Å². The lowest BCUT2D eigenvalue weighted by Gasteiger charge is -1.87. The van der Waals surface area contributed by atoms with E-state index < -0.39 is 5.83 Å². The molecular formula is C8H8FNS. The van der Waals surface area contributed by atoms with E-state index in [2.05, 4.69) is 12.6 Å². The van der Waals surface area contributed by atoms with Crippen molar-refractivity contribution in [1.29, 1.82) is 5.26 Å². The fourth-order valence-electron chi connectivity index (χ4n) is 0.492. The van der Waals surface area contributed by atoms with Gasteiger partial charge in [0.2, 0.25) is 0 Å². The first kappa shape index (κ1) is 9.99. The molecule has 58 valence electrons. The number of allylic oxidation sites excluding steroid dienone is 5. The molecule has 0 aliphatic carbocycles. The van der Waals surface area contributed by atoms with Crippen LogP contribution < -0.4 is 0 Å². The van der Waals surface area contributed by atoms with Gasteiger partial charge in [0.05, 0.1) is 5.57 Å². The van der Waals surface area contributed by atoms with Gasteiger partial charge < -0.3 is 0 Å². The van der Waals surface area contributed by atoms with Crippen LogP contribution in [0.25, 0.3) is 0 Å². The highest BCUT2D eigenvalue weighted by molar-refractivity contribution is 7.83. The second kappa shape index (κ2) is 5.75. The van der Waals surface area contributed by atoms with Crippen LogP contribution in [0.1, 0.15) is 6.92 Å². The molecule has 0 saturated heterocycles. The summed E-state index contributed by atoms with van der Waals surface area (Å²) in [5.41, 5.74) is 0.0119. The molecule has 0 N–H and O–H groups in total. The van der Waals surface area contributed by atoms with E-state index in [0.717, 1.165) is 6.08 Å². The molecule has 1 nitrogen and oxygen atoms in total. The van der Waals surface area contributed by atoms with Crippen molar-refractivity contribution in [2.75, 3.05) is 0 Å². The molecule has 0 spiro atoms. The molecule has 0 amide bonds. The summed E-state index contributed by atoms with van der Waals surface area (Å²) in [6, 6.07) is 1.72. The van der Waals surface area contributed by atoms with E-state index >= 15 is 0 Å². The lowest BCUT2D eigenvalue weighted by Crippen LogP contribution is -1.75. The fourth-order valence-corrected chi connectivity index (χ4v) is 0.623. The van der Waals surface area contributed by atoms with E-state index in [-0.39, 0.29) is 5.57 Å². The van der Waals surface area contributed by atoms with Gasteiger partial charge in [-0.25, -0.2) is 4.39 Å². The Morgan fingerprint density at radius 1 is 1.55 bits per heavy atom. The Morgan fingerprint density at radius 3 is 2.55 bits per heavy atom. The summed E-state index contributed by atoms with van der Waals surface area (Å²) >= 11 is 3.67. The van der Waals surface area contributed by atoms with E-state index in [1.165, 1.54) is 11.5 Å². The standard InChI is InChI=1S/C8H8FNS/c1-2-3-7(6-10)8(9)4-5-11/h2-5,11H,1H3/b3-2-,5-4+,8-7-. The molecule has 0 radical (unpaired) electrons. The molecule has 0 atom stereocenters. The predicted octanol–water partition coefficient (Wildman–Crippen LogP) is 2.75. The summed E-state index contributed by atoms with van der Waals surface area (Å²) in [7, 11) is 0. The van der Waals surface area contributed by atoms with Gasteiger partial charge in [-0.05, 0) is 24.5 Å². The SMILES string of the molecule is C\C=C/C(C#N)=C(F)\C=C\S. The maximum atomic E-state index is 12.7. The van der Waals surface area contributed by atoms with Crippen molar-refractivity contribution >= 4 is 12.6 Å². The van der Waals surface area contributed by atoms with E-state index in [1.807, 2.05) is 0 Å². The van der Waals surface area contributed by atoms with Crippen molar-refractivity contribution in [2.24, 2.45) is 0 Å².